The van der Waals surface area contributed by atoms with E-state index in [0.29, 0.717) is 12.0 Å². The van der Waals surface area contributed by atoms with Crippen LogP contribution in [0.2, 0.25) is 5.02 Å². The van der Waals surface area contributed by atoms with Gasteiger partial charge in [-0.05, 0) is 43.1 Å². The Morgan fingerprint density at radius 3 is 2.62 bits per heavy atom. The molecule has 0 amide bonds. The van der Waals surface area contributed by atoms with Gasteiger partial charge in [0.05, 0.1) is 7.11 Å². The van der Waals surface area contributed by atoms with Gasteiger partial charge in [-0.1, -0.05) is 41.9 Å². The van der Waals surface area contributed by atoms with Crippen LogP contribution in [0.1, 0.15) is 22.7 Å². The fourth-order valence-electron chi connectivity index (χ4n) is 2.40. The van der Waals surface area contributed by atoms with E-state index in [9.17, 15) is 4.39 Å². The highest BCUT2D eigenvalue weighted by atomic mass is 35.5. The van der Waals surface area contributed by atoms with Gasteiger partial charge in [-0.25, -0.2) is 4.39 Å². The van der Waals surface area contributed by atoms with Crippen LogP contribution in [0.4, 0.5) is 4.39 Å². The molecule has 2 aromatic carbocycles. The summed E-state index contributed by atoms with van der Waals surface area (Å²) in [5.74, 6) is -0.0540. The van der Waals surface area contributed by atoms with Crippen molar-refractivity contribution in [3.05, 3.63) is 63.9 Å². The highest BCUT2D eigenvalue weighted by molar-refractivity contribution is 6.32. The zero-order valence-corrected chi connectivity index (χ0v) is 13.2. The summed E-state index contributed by atoms with van der Waals surface area (Å²) in [6, 6.07) is 11.0. The molecule has 21 heavy (non-hydrogen) atoms. The Labute approximate surface area is 129 Å². The lowest BCUT2D eigenvalue weighted by Gasteiger charge is -2.20. The van der Waals surface area contributed by atoms with Gasteiger partial charge in [0, 0.05) is 11.1 Å². The molecule has 1 atom stereocenters. The molecule has 4 heteroatoms. The van der Waals surface area contributed by atoms with E-state index in [-0.39, 0.29) is 17.6 Å². The molecule has 1 unspecified atom stereocenters. The SMILES string of the molecule is CNC(Cc1cccc(OC)c1F)c1cccc(C)c1Cl. The Bertz CT molecular complexity index is 630. The number of likely N-dealkylation sites (N-methyl/N-ethyl adjacent to an activating group) is 1. The average molecular weight is 308 g/mol. The van der Waals surface area contributed by atoms with Gasteiger partial charge in [-0.3, -0.25) is 0 Å². The van der Waals surface area contributed by atoms with Gasteiger partial charge in [-0.2, -0.15) is 0 Å². The number of hydrogen-bond donors (Lipinski definition) is 1. The van der Waals surface area contributed by atoms with Gasteiger partial charge in [0.25, 0.3) is 0 Å². The normalized spacial score (nSPS) is 12.2. The van der Waals surface area contributed by atoms with Gasteiger partial charge >= 0.3 is 0 Å². The van der Waals surface area contributed by atoms with E-state index in [4.69, 9.17) is 16.3 Å². The highest BCUT2D eigenvalue weighted by Gasteiger charge is 2.18. The minimum atomic E-state index is -0.316. The fraction of sp³-hybridized carbons (Fsp3) is 0.294. The molecule has 2 nitrogen and oxygen atoms in total. The van der Waals surface area contributed by atoms with E-state index < -0.39 is 0 Å². The molecule has 112 valence electrons. The maximum Gasteiger partial charge on any atom is 0.168 e. The Balaban J connectivity index is 2.34. The van der Waals surface area contributed by atoms with Crippen LogP contribution in [0.5, 0.6) is 5.75 Å². The van der Waals surface area contributed by atoms with E-state index in [1.807, 2.05) is 32.2 Å². The summed E-state index contributed by atoms with van der Waals surface area (Å²) in [4.78, 5) is 0. The molecule has 0 spiro atoms. The third-order valence-electron chi connectivity index (χ3n) is 3.63. The highest BCUT2D eigenvalue weighted by Crippen LogP contribution is 2.30. The second-order valence-electron chi connectivity index (χ2n) is 4.96. The molecule has 0 fully saturated rings. The predicted molar refractivity (Wildman–Crippen MR) is 84.6 cm³/mol. The standard InChI is InChI=1S/C17H19ClFNO/c1-11-6-4-8-13(16(11)18)14(20-2)10-12-7-5-9-15(21-3)17(12)19/h4-9,14,20H,10H2,1-3H3. The third kappa shape index (κ3) is 3.36. The van der Waals surface area contributed by atoms with E-state index in [1.165, 1.54) is 7.11 Å². The molecule has 0 heterocycles. The number of nitrogens with one attached hydrogen (secondary N) is 1. The molecule has 0 aliphatic rings. The molecular weight excluding hydrogens is 289 g/mol. The Hall–Kier alpha value is -1.58. The fourth-order valence-corrected chi connectivity index (χ4v) is 2.66. The van der Waals surface area contributed by atoms with Gasteiger partial charge in [0.1, 0.15) is 0 Å². The molecular formula is C17H19ClFNO. The smallest absolute Gasteiger partial charge is 0.168 e. The Morgan fingerprint density at radius 2 is 1.95 bits per heavy atom. The topological polar surface area (TPSA) is 21.3 Å². The van der Waals surface area contributed by atoms with Crippen LogP contribution in [-0.4, -0.2) is 14.2 Å². The van der Waals surface area contributed by atoms with Gasteiger partial charge in [0.15, 0.2) is 11.6 Å². The number of ether oxygens (including phenoxy) is 1. The van der Waals surface area contributed by atoms with E-state index in [1.54, 1.807) is 18.2 Å². The minimum absolute atomic E-state index is 0.0565. The molecule has 0 bridgehead atoms. The van der Waals surface area contributed by atoms with Crippen molar-refractivity contribution in [3.8, 4) is 5.75 Å². The molecule has 0 aromatic heterocycles. The maximum absolute atomic E-state index is 14.3. The first kappa shape index (κ1) is 15.8. The summed E-state index contributed by atoms with van der Waals surface area (Å²) in [6.07, 6.45) is 0.503. The lowest BCUT2D eigenvalue weighted by molar-refractivity contribution is 0.383. The monoisotopic (exact) mass is 307 g/mol. The van der Waals surface area contributed by atoms with Gasteiger partial charge in [0.2, 0.25) is 0 Å². The van der Waals surface area contributed by atoms with E-state index in [0.717, 1.165) is 16.1 Å². The van der Waals surface area contributed by atoms with Crippen LogP contribution in [0, 0.1) is 12.7 Å². The second-order valence-corrected chi connectivity index (χ2v) is 5.33. The number of hydrogen-bond acceptors (Lipinski definition) is 2. The zero-order valence-electron chi connectivity index (χ0n) is 12.4. The number of halogens is 2. The van der Waals surface area contributed by atoms with Crippen LogP contribution < -0.4 is 10.1 Å². The first-order valence-electron chi connectivity index (χ1n) is 6.82. The molecule has 0 radical (unpaired) electrons. The molecule has 0 aliphatic carbocycles. The third-order valence-corrected chi connectivity index (χ3v) is 4.15. The van der Waals surface area contributed by atoms with Crippen molar-refractivity contribution >= 4 is 11.6 Å². The van der Waals surface area contributed by atoms with Crippen molar-refractivity contribution in [2.24, 2.45) is 0 Å². The lowest BCUT2D eigenvalue weighted by Crippen LogP contribution is -2.20. The van der Waals surface area contributed by atoms with Crippen molar-refractivity contribution in [3.63, 3.8) is 0 Å². The van der Waals surface area contributed by atoms with Crippen LogP contribution in [0.25, 0.3) is 0 Å². The molecule has 0 aliphatic heterocycles. The van der Waals surface area contributed by atoms with Crippen LogP contribution in [0.15, 0.2) is 36.4 Å². The lowest BCUT2D eigenvalue weighted by atomic mass is 9.97. The first-order chi connectivity index (χ1) is 10.1. The van der Waals surface area contributed by atoms with Crippen LogP contribution in [0.3, 0.4) is 0 Å². The summed E-state index contributed by atoms with van der Waals surface area (Å²) in [6.45, 7) is 1.96. The maximum atomic E-state index is 14.3. The van der Waals surface area contributed by atoms with Crippen molar-refractivity contribution in [1.29, 1.82) is 0 Å². The second kappa shape index (κ2) is 6.92. The number of benzene rings is 2. The summed E-state index contributed by atoms with van der Waals surface area (Å²) >= 11 is 6.37. The van der Waals surface area contributed by atoms with Crippen molar-refractivity contribution < 1.29 is 9.13 Å². The van der Waals surface area contributed by atoms with Crippen molar-refractivity contribution in [2.45, 2.75) is 19.4 Å². The average Bonchev–Trinajstić information content (AvgIpc) is 2.49. The predicted octanol–water partition coefficient (Wildman–Crippen LogP) is 4.30. The largest absolute Gasteiger partial charge is 0.494 e. The summed E-state index contributed by atoms with van der Waals surface area (Å²) in [5, 5.41) is 3.93. The van der Waals surface area contributed by atoms with E-state index in [2.05, 4.69) is 5.32 Å². The van der Waals surface area contributed by atoms with Crippen molar-refractivity contribution in [1.82, 2.24) is 5.32 Å². The minimum Gasteiger partial charge on any atom is -0.494 e. The summed E-state index contributed by atoms with van der Waals surface area (Å²) in [5.41, 5.74) is 2.59. The first-order valence-corrected chi connectivity index (χ1v) is 7.20. The van der Waals surface area contributed by atoms with Crippen molar-refractivity contribution in [2.75, 3.05) is 14.2 Å². The molecule has 0 saturated heterocycles. The zero-order chi connectivity index (χ0) is 15.4. The van der Waals surface area contributed by atoms with Crippen LogP contribution >= 0.6 is 11.6 Å². The molecule has 1 N–H and O–H groups in total. The van der Waals surface area contributed by atoms with E-state index >= 15 is 0 Å². The number of aryl methyl sites for hydroxylation is 1. The molecule has 2 aromatic rings. The quantitative estimate of drug-likeness (QED) is 0.889. The van der Waals surface area contributed by atoms with Gasteiger partial charge < -0.3 is 10.1 Å². The Kier molecular flexibility index (Phi) is 5.21. The molecule has 0 saturated carbocycles. The van der Waals surface area contributed by atoms with Gasteiger partial charge in [-0.15, -0.1) is 0 Å². The summed E-state index contributed by atoms with van der Waals surface area (Å²) < 4.78 is 19.3. The Morgan fingerprint density at radius 1 is 1.24 bits per heavy atom. The van der Waals surface area contributed by atoms with Crippen LogP contribution in [-0.2, 0) is 6.42 Å². The number of methoxy groups -OCH3 is 1. The summed E-state index contributed by atoms with van der Waals surface area (Å²) in [7, 11) is 3.32. The number of rotatable bonds is 5. The molecule has 2 rings (SSSR count).